The Balaban J connectivity index is 1.69. The molecule has 1 aromatic heterocycles. The summed E-state index contributed by atoms with van der Waals surface area (Å²) in [5.74, 6) is -0.665. The molecule has 3 rings (SSSR count). The van der Waals surface area contributed by atoms with Crippen LogP contribution in [-0.2, 0) is 16.1 Å². The van der Waals surface area contributed by atoms with Gasteiger partial charge in [-0.2, -0.15) is 0 Å². The van der Waals surface area contributed by atoms with Crippen LogP contribution in [0.15, 0.2) is 65.1 Å². The van der Waals surface area contributed by atoms with Gasteiger partial charge in [0.15, 0.2) is 5.16 Å². The summed E-state index contributed by atoms with van der Waals surface area (Å²) in [6.45, 7) is 3.77. The summed E-state index contributed by atoms with van der Waals surface area (Å²) in [6, 6.07) is 11.7. The number of amides is 2. The van der Waals surface area contributed by atoms with Crippen molar-refractivity contribution in [2.45, 2.75) is 11.7 Å². The second kappa shape index (κ2) is 10.7. The number of nitrogens with zero attached hydrogens (tertiary/aromatic N) is 3. The lowest BCUT2D eigenvalue weighted by molar-refractivity contribution is -0.131. The summed E-state index contributed by atoms with van der Waals surface area (Å²) < 4.78 is 1.44. The Morgan fingerprint density at radius 2 is 2.00 bits per heavy atom. The van der Waals surface area contributed by atoms with Crippen LogP contribution in [0.1, 0.15) is 0 Å². The fourth-order valence-electron chi connectivity index (χ4n) is 2.87. The summed E-state index contributed by atoms with van der Waals surface area (Å²) in [7, 11) is 1.53. The second-order valence-corrected chi connectivity index (χ2v) is 8.61. The molecule has 10 heteroatoms. The smallest absolute Gasteiger partial charge is 0.262 e. The molecule has 7 nitrogen and oxygen atoms in total. The quantitative estimate of drug-likeness (QED) is 0.292. The third-order valence-corrected chi connectivity index (χ3v) is 6.00. The van der Waals surface area contributed by atoms with E-state index < -0.39 is 0 Å². The predicted molar refractivity (Wildman–Crippen MR) is 130 cm³/mol. The number of likely N-dealkylation sites (N-methyl/N-ethyl adjacent to an activating group) is 1. The first kappa shape index (κ1) is 23.8. The maximum Gasteiger partial charge on any atom is 0.262 e. The first-order chi connectivity index (χ1) is 15.3. The fraction of sp³-hybridized carbons (Fsp3) is 0.182. The Labute approximate surface area is 199 Å². The average molecular weight is 491 g/mol. The number of allylic oxidation sites excluding steroid dienone is 1. The summed E-state index contributed by atoms with van der Waals surface area (Å²) in [6.07, 6.45) is 1.58. The maximum absolute atomic E-state index is 12.9. The van der Waals surface area contributed by atoms with Gasteiger partial charge in [0.1, 0.15) is 0 Å². The summed E-state index contributed by atoms with van der Waals surface area (Å²) in [5, 5.41) is 4.30. The zero-order valence-electron chi connectivity index (χ0n) is 17.2. The van der Waals surface area contributed by atoms with Crippen LogP contribution in [0.3, 0.4) is 0 Å². The number of anilines is 1. The van der Waals surface area contributed by atoms with Crippen LogP contribution in [0.2, 0.25) is 10.0 Å². The van der Waals surface area contributed by atoms with Gasteiger partial charge in [-0.1, -0.05) is 53.2 Å². The number of rotatable bonds is 8. The molecule has 166 valence electrons. The van der Waals surface area contributed by atoms with Gasteiger partial charge >= 0.3 is 0 Å². The van der Waals surface area contributed by atoms with Crippen LogP contribution in [-0.4, -0.2) is 45.6 Å². The number of halogens is 2. The third kappa shape index (κ3) is 5.70. The number of nitrogens with one attached hydrogen (secondary N) is 1. The van der Waals surface area contributed by atoms with Gasteiger partial charge in [-0.05, 0) is 30.3 Å². The van der Waals surface area contributed by atoms with Crippen LogP contribution in [0.25, 0.3) is 10.9 Å². The Morgan fingerprint density at radius 1 is 1.25 bits per heavy atom. The molecule has 0 atom stereocenters. The van der Waals surface area contributed by atoms with Crippen molar-refractivity contribution in [3.8, 4) is 0 Å². The van der Waals surface area contributed by atoms with E-state index in [0.29, 0.717) is 31.8 Å². The van der Waals surface area contributed by atoms with Crippen molar-refractivity contribution >= 4 is 63.4 Å². The largest absolute Gasteiger partial charge is 0.336 e. The highest BCUT2D eigenvalue weighted by atomic mass is 35.5. The first-order valence-corrected chi connectivity index (χ1v) is 11.3. The standard InChI is InChI=1S/C22H20Cl2N4O3S/c1-3-10-28-21(31)15-11-14(23)8-9-17(15)26-22(28)32-13-20(30)27(2)12-19(29)25-18-7-5-4-6-16(18)24/h3-9,11H,1,10,12-13H2,2H3,(H,25,29). The molecule has 2 amide bonds. The lowest BCUT2D eigenvalue weighted by Crippen LogP contribution is -2.36. The molecule has 1 heterocycles. The van der Waals surface area contributed by atoms with Crippen molar-refractivity contribution in [1.29, 1.82) is 0 Å². The molecule has 0 fully saturated rings. The Morgan fingerprint density at radius 3 is 2.72 bits per heavy atom. The van der Waals surface area contributed by atoms with Crippen molar-refractivity contribution in [3.05, 3.63) is 75.5 Å². The van der Waals surface area contributed by atoms with Gasteiger partial charge in [0.2, 0.25) is 11.8 Å². The monoisotopic (exact) mass is 490 g/mol. The Bertz CT molecular complexity index is 1250. The number of para-hydroxylation sites is 1. The van der Waals surface area contributed by atoms with E-state index in [-0.39, 0.29) is 36.2 Å². The van der Waals surface area contributed by atoms with Crippen LogP contribution in [0.4, 0.5) is 5.69 Å². The zero-order chi connectivity index (χ0) is 23.3. The van der Waals surface area contributed by atoms with Gasteiger partial charge in [-0.15, -0.1) is 6.58 Å². The van der Waals surface area contributed by atoms with E-state index in [2.05, 4.69) is 16.9 Å². The normalized spacial score (nSPS) is 10.7. The van der Waals surface area contributed by atoms with E-state index in [1.165, 1.54) is 16.5 Å². The molecular weight excluding hydrogens is 471 g/mol. The maximum atomic E-state index is 12.9. The highest BCUT2D eigenvalue weighted by Crippen LogP contribution is 2.22. The van der Waals surface area contributed by atoms with Gasteiger partial charge in [-0.25, -0.2) is 4.98 Å². The molecule has 0 aliphatic carbocycles. The molecular formula is C22H20Cl2N4O3S. The molecule has 0 bridgehead atoms. The molecule has 0 saturated heterocycles. The zero-order valence-corrected chi connectivity index (χ0v) is 19.5. The number of aromatic nitrogens is 2. The van der Waals surface area contributed by atoms with Gasteiger partial charge in [0.25, 0.3) is 5.56 Å². The molecule has 1 N–H and O–H groups in total. The summed E-state index contributed by atoms with van der Waals surface area (Å²) in [4.78, 5) is 43.5. The molecule has 32 heavy (non-hydrogen) atoms. The summed E-state index contributed by atoms with van der Waals surface area (Å²) >= 11 is 13.2. The van der Waals surface area contributed by atoms with E-state index in [4.69, 9.17) is 23.2 Å². The Kier molecular flexibility index (Phi) is 7.95. The molecule has 0 aliphatic heterocycles. The molecule has 2 aromatic carbocycles. The SMILES string of the molecule is C=CCn1c(SCC(=O)N(C)CC(=O)Nc2ccccc2Cl)nc2ccc(Cl)cc2c1=O. The van der Waals surface area contributed by atoms with Crippen LogP contribution < -0.4 is 10.9 Å². The van der Waals surface area contributed by atoms with Crippen molar-refractivity contribution in [3.63, 3.8) is 0 Å². The van der Waals surface area contributed by atoms with Crippen molar-refractivity contribution in [2.75, 3.05) is 24.7 Å². The average Bonchev–Trinajstić information content (AvgIpc) is 2.76. The number of benzene rings is 2. The van der Waals surface area contributed by atoms with Crippen molar-refractivity contribution in [1.82, 2.24) is 14.5 Å². The molecule has 0 saturated carbocycles. The first-order valence-electron chi connectivity index (χ1n) is 9.52. The van der Waals surface area contributed by atoms with Gasteiger partial charge in [0.05, 0.1) is 33.9 Å². The molecule has 0 radical (unpaired) electrons. The Hall–Kier alpha value is -2.81. The number of fused-ring (bicyclic) bond motifs is 1. The van der Waals surface area contributed by atoms with Crippen LogP contribution in [0, 0.1) is 0 Å². The molecule has 0 aliphatic rings. The van der Waals surface area contributed by atoms with Gasteiger partial charge in [0, 0.05) is 18.6 Å². The third-order valence-electron chi connectivity index (χ3n) is 4.47. The minimum Gasteiger partial charge on any atom is -0.336 e. The summed E-state index contributed by atoms with van der Waals surface area (Å²) in [5.41, 5.74) is 0.699. The fourth-order valence-corrected chi connectivity index (χ4v) is 4.17. The van der Waals surface area contributed by atoms with Crippen LogP contribution in [0.5, 0.6) is 0 Å². The topological polar surface area (TPSA) is 84.3 Å². The highest BCUT2D eigenvalue weighted by molar-refractivity contribution is 7.99. The van der Waals surface area contributed by atoms with Gasteiger partial charge in [-0.3, -0.25) is 19.0 Å². The minimum atomic E-state index is -0.372. The number of hydrogen-bond donors (Lipinski definition) is 1. The van der Waals surface area contributed by atoms with E-state index >= 15 is 0 Å². The minimum absolute atomic E-state index is 0.00144. The second-order valence-electron chi connectivity index (χ2n) is 6.83. The van der Waals surface area contributed by atoms with Gasteiger partial charge < -0.3 is 10.2 Å². The van der Waals surface area contributed by atoms with E-state index in [1.54, 1.807) is 48.5 Å². The van der Waals surface area contributed by atoms with E-state index in [1.807, 2.05) is 0 Å². The number of thioether (sulfide) groups is 1. The predicted octanol–water partition coefficient (Wildman–Crippen LogP) is 4.08. The van der Waals surface area contributed by atoms with Crippen molar-refractivity contribution < 1.29 is 9.59 Å². The molecule has 0 spiro atoms. The molecule has 0 unspecified atom stereocenters. The number of hydrogen-bond acceptors (Lipinski definition) is 5. The highest BCUT2D eigenvalue weighted by Gasteiger charge is 2.17. The lowest BCUT2D eigenvalue weighted by atomic mass is 10.2. The van der Waals surface area contributed by atoms with E-state index in [9.17, 15) is 14.4 Å². The number of carbonyl (C=O) groups is 2. The number of carbonyl (C=O) groups excluding carboxylic acids is 2. The lowest BCUT2D eigenvalue weighted by Gasteiger charge is -2.17. The van der Waals surface area contributed by atoms with Crippen LogP contribution >= 0.6 is 35.0 Å². The van der Waals surface area contributed by atoms with E-state index in [0.717, 1.165) is 11.8 Å². The van der Waals surface area contributed by atoms with Crippen molar-refractivity contribution in [2.24, 2.45) is 0 Å². The molecule has 3 aromatic rings.